The summed E-state index contributed by atoms with van der Waals surface area (Å²) in [6, 6.07) is 5.05. The summed E-state index contributed by atoms with van der Waals surface area (Å²) < 4.78 is 38.3. The van der Waals surface area contributed by atoms with E-state index in [1.165, 1.54) is 12.3 Å². The van der Waals surface area contributed by atoms with Crippen LogP contribution in [0.15, 0.2) is 36.5 Å². The molecule has 0 saturated heterocycles. The minimum atomic E-state index is -4.69. The van der Waals surface area contributed by atoms with Gasteiger partial charge in [-0.25, -0.2) is 9.78 Å². The van der Waals surface area contributed by atoms with Crippen molar-refractivity contribution in [2.24, 2.45) is 0 Å². The van der Waals surface area contributed by atoms with Crippen LogP contribution in [0.5, 0.6) is 0 Å². The van der Waals surface area contributed by atoms with E-state index >= 15 is 0 Å². The van der Waals surface area contributed by atoms with Crippen molar-refractivity contribution in [1.82, 2.24) is 4.98 Å². The van der Waals surface area contributed by atoms with Gasteiger partial charge in [0.2, 0.25) is 0 Å². The molecule has 120 valence electrons. The molecular formula is C15H11F3N2O3. The molecule has 5 nitrogen and oxygen atoms in total. The van der Waals surface area contributed by atoms with Gasteiger partial charge in [0.1, 0.15) is 5.82 Å². The Morgan fingerprint density at radius 1 is 1.13 bits per heavy atom. The van der Waals surface area contributed by atoms with E-state index in [1.54, 1.807) is 13.0 Å². The fourth-order valence-corrected chi connectivity index (χ4v) is 1.88. The number of aromatic nitrogens is 1. The Morgan fingerprint density at radius 3 is 2.39 bits per heavy atom. The van der Waals surface area contributed by atoms with Crippen molar-refractivity contribution in [2.75, 3.05) is 5.32 Å². The van der Waals surface area contributed by atoms with E-state index in [4.69, 9.17) is 5.11 Å². The molecule has 2 rings (SSSR count). The molecule has 0 aliphatic heterocycles. The van der Waals surface area contributed by atoms with Gasteiger partial charge in [0.15, 0.2) is 0 Å². The smallest absolute Gasteiger partial charge is 0.416 e. The van der Waals surface area contributed by atoms with Crippen LogP contribution in [-0.2, 0) is 6.18 Å². The number of rotatable bonds is 3. The minimum Gasteiger partial charge on any atom is -0.478 e. The van der Waals surface area contributed by atoms with E-state index in [0.29, 0.717) is 12.1 Å². The highest BCUT2D eigenvalue weighted by atomic mass is 19.4. The molecule has 0 radical (unpaired) electrons. The second-order valence-electron chi connectivity index (χ2n) is 4.74. The van der Waals surface area contributed by atoms with Crippen LogP contribution in [0.4, 0.5) is 19.0 Å². The van der Waals surface area contributed by atoms with Gasteiger partial charge in [-0.1, -0.05) is 0 Å². The number of amides is 1. The standard InChI is InChI=1S/C15H11F3N2O3/c1-8-4-5-19-12(6-8)20-13(21)11-7-9(15(16,17)18)2-3-10(11)14(22)23/h2-7H,1H3,(H,22,23)(H,19,20,21). The molecule has 1 aromatic carbocycles. The van der Waals surface area contributed by atoms with E-state index in [-0.39, 0.29) is 5.82 Å². The van der Waals surface area contributed by atoms with Crippen molar-refractivity contribution in [3.05, 3.63) is 58.8 Å². The normalized spacial score (nSPS) is 11.1. The molecular weight excluding hydrogens is 313 g/mol. The van der Waals surface area contributed by atoms with Crippen molar-refractivity contribution < 1.29 is 27.9 Å². The zero-order chi connectivity index (χ0) is 17.2. The van der Waals surface area contributed by atoms with Crippen LogP contribution in [0.3, 0.4) is 0 Å². The highest BCUT2D eigenvalue weighted by molar-refractivity contribution is 6.10. The number of aromatic carboxylic acids is 1. The lowest BCUT2D eigenvalue weighted by Crippen LogP contribution is -2.19. The Balaban J connectivity index is 2.43. The number of carboxylic acid groups (broad SMARTS) is 1. The number of nitrogens with one attached hydrogen (secondary N) is 1. The Labute approximate surface area is 128 Å². The molecule has 1 aromatic heterocycles. The molecule has 23 heavy (non-hydrogen) atoms. The number of aryl methyl sites for hydroxylation is 1. The Hall–Kier alpha value is -2.90. The van der Waals surface area contributed by atoms with Gasteiger partial charge in [0.05, 0.1) is 16.7 Å². The summed E-state index contributed by atoms with van der Waals surface area (Å²) >= 11 is 0. The highest BCUT2D eigenvalue weighted by Crippen LogP contribution is 2.30. The highest BCUT2D eigenvalue weighted by Gasteiger charge is 2.32. The van der Waals surface area contributed by atoms with E-state index in [1.807, 2.05) is 0 Å². The third-order valence-electron chi connectivity index (χ3n) is 2.98. The quantitative estimate of drug-likeness (QED) is 0.907. The Morgan fingerprint density at radius 2 is 1.83 bits per heavy atom. The van der Waals surface area contributed by atoms with Crippen molar-refractivity contribution in [1.29, 1.82) is 0 Å². The molecule has 0 aliphatic carbocycles. The zero-order valence-electron chi connectivity index (χ0n) is 11.8. The monoisotopic (exact) mass is 324 g/mol. The summed E-state index contributed by atoms with van der Waals surface area (Å²) in [5.74, 6) is -2.36. The summed E-state index contributed by atoms with van der Waals surface area (Å²) in [5.41, 5.74) is -1.44. The van der Waals surface area contributed by atoms with Gasteiger partial charge < -0.3 is 10.4 Å². The van der Waals surface area contributed by atoms with Gasteiger partial charge in [-0.2, -0.15) is 13.2 Å². The van der Waals surface area contributed by atoms with Crippen LogP contribution in [0.1, 0.15) is 31.8 Å². The number of carbonyl (C=O) groups excluding carboxylic acids is 1. The van der Waals surface area contributed by atoms with Crippen LogP contribution in [-0.4, -0.2) is 22.0 Å². The van der Waals surface area contributed by atoms with Crippen LogP contribution in [0.2, 0.25) is 0 Å². The van der Waals surface area contributed by atoms with Gasteiger partial charge in [-0.15, -0.1) is 0 Å². The average molecular weight is 324 g/mol. The largest absolute Gasteiger partial charge is 0.478 e. The molecule has 1 amide bonds. The first-order valence-corrected chi connectivity index (χ1v) is 6.37. The topological polar surface area (TPSA) is 79.3 Å². The molecule has 0 fully saturated rings. The van der Waals surface area contributed by atoms with Crippen molar-refractivity contribution in [2.45, 2.75) is 13.1 Å². The molecule has 0 unspecified atom stereocenters. The fraction of sp³-hybridized carbons (Fsp3) is 0.133. The van der Waals surface area contributed by atoms with E-state index in [9.17, 15) is 22.8 Å². The first-order chi connectivity index (χ1) is 10.7. The van der Waals surface area contributed by atoms with Crippen LogP contribution in [0.25, 0.3) is 0 Å². The Kier molecular flexibility index (Phi) is 4.35. The summed E-state index contributed by atoms with van der Waals surface area (Å²) in [7, 11) is 0. The molecule has 0 aliphatic rings. The third kappa shape index (κ3) is 3.85. The van der Waals surface area contributed by atoms with Gasteiger partial charge in [0, 0.05) is 6.20 Å². The lowest BCUT2D eigenvalue weighted by molar-refractivity contribution is -0.137. The molecule has 0 saturated carbocycles. The average Bonchev–Trinajstić information content (AvgIpc) is 2.45. The van der Waals surface area contributed by atoms with Crippen molar-refractivity contribution in [3.8, 4) is 0 Å². The SMILES string of the molecule is Cc1ccnc(NC(=O)c2cc(C(F)(F)F)ccc2C(=O)O)c1. The number of anilines is 1. The van der Waals surface area contributed by atoms with Gasteiger partial charge in [-0.05, 0) is 42.8 Å². The van der Waals surface area contributed by atoms with Gasteiger partial charge >= 0.3 is 12.1 Å². The zero-order valence-corrected chi connectivity index (χ0v) is 11.8. The number of alkyl halides is 3. The molecule has 1 heterocycles. The molecule has 0 atom stereocenters. The number of nitrogens with zero attached hydrogens (tertiary/aromatic N) is 1. The lowest BCUT2D eigenvalue weighted by atomic mass is 10.0. The summed E-state index contributed by atoms with van der Waals surface area (Å²) in [6.45, 7) is 1.74. The maximum Gasteiger partial charge on any atom is 0.416 e. The van der Waals surface area contributed by atoms with Gasteiger partial charge in [-0.3, -0.25) is 4.79 Å². The second-order valence-corrected chi connectivity index (χ2v) is 4.74. The van der Waals surface area contributed by atoms with Crippen LogP contribution in [0, 0.1) is 6.92 Å². The summed E-state index contributed by atoms with van der Waals surface area (Å²) in [4.78, 5) is 27.1. The second kappa shape index (κ2) is 6.07. The maximum atomic E-state index is 12.8. The summed E-state index contributed by atoms with van der Waals surface area (Å²) in [6.07, 6.45) is -3.27. The van der Waals surface area contributed by atoms with E-state index < -0.39 is 34.7 Å². The number of pyridine rings is 1. The van der Waals surface area contributed by atoms with Crippen molar-refractivity contribution >= 4 is 17.7 Å². The number of carboxylic acids is 1. The van der Waals surface area contributed by atoms with E-state index in [2.05, 4.69) is 10.3 Å². The predicted octanol–water partition coefficient (Wildman–Crippen LogP) is 3.36. The number of halogens is 3. The van der Waals surface area contributed by atoms with Gasteiger partial charge in [0.25, 0.3) is 5.91 Å². The molecule has 0 spiro atoms. The molecule has 2 N–H and O–H groups in total. The van der Waals surface area contributed by atoms with Crippen LogP contribution < -0.4 is 5.32 Å². The molecule has 8 heteroatoms. The summed E-state index contributed by atoms with van der Waals surface area (Å²) in [5, 5.41) is 11.3. The minimum absolute atomic E-state index is 0.115. The predicted molar refractivity (Wildman–Crippen MR) is 75.3 cm³/mol. The van der Waals surface area contributed by atoms with Crippen molar-refractivity contribution in [3.63, 3.8) is 0 Å². The lowest BCUT2D eigenvalue weighted by Gasteiger charge is -2.11. The molecule has 2 aromatic rings. The molecule has 0 bridgehead atoms. The number of hydrogen-bond donors (Lipinski definition) is 2. The maximum absolute atomic E-state index is 12.8. The number of benzene rings is 1. The fourth-order valence-electron chi connectivity index (χ4n) is 1.88. The first kappa shape index (κ1) is 16.5. The number of carbonyl (C=O) groups is 2. The third-order valence-corrected chi connectivity index (χ3v) is 2.98. The van der Waals surface area contributed by atoms with Crippen LogP contribution >= 0.6 is 0 Å². The first-order valence-electron chi connectivity index (χ1n) is 6.37. The number of hydrogen-bond acceptors (Lipinski definition) is 3. The Bertz CT molecular complexity index is 773. The van der Waals surface area contributed by atoms with E-state index in [0.717, 1.165) is 11.6 Å².